The van der Waals surface area contributed by atoms with E-state index in [0.29, 0.717) is 19.3 Å². The molecular weight excluding hydrogens is 156 g/mol. The summed E-state index contributed by atoms with van der Waals surface area (Å²) in [7, 11) is 0. The second-order valence-corrected chi connectivity index (χ2v) is 2.72. The van der Waals surface area contributed by atoms with Crippen molar-refractivity contribution in [2.45, 2.75) is 32.3 Å². The zero-order valence-corrected chi connectivity index (χ0v) is 6.91. The Labute approximate surface area is 70.8 Å². The summed E-state index contributed by atoms with van der Waals surface area (Å²) < 4.78 is 0. The Morgan fingerprint density at radius 2 is 2.67 bits per heavy atom. The van der Waals surface area contributed by atoms with Gasteiger partial charge in [-0.2, -0.15) is 5.26 Å². The monoisotopic (exact) mass is 166 g/mol. The molecule has 0 saturated carbocycles. The second kappa shape index (κ2) is 3.86. The molecule has 4 nitrogen and oxygen atoms in total. The lowest BCUT2D eigenvalue weighted by Gasteiger charge is -2.00. The molecule has 1 heterocycles. The third-order valence-electron chi connectivity index (χ3n) is 1.71. The number of nitrogens with zero attached hydrogens (tertiary/aromatic N) is 2. The smallest absolute Gasteiger partial charge is 0.190 e. The van der Waals surface area contributed by atoms with Crippen LogP contribution in [-0.4, -0.2) is 17.6 Å². The predicted molar refractivity (Wildman–Crippen MR) is 42.5 cm³/mol. The highest BCUT2D eigenvalue weighted by Gasteiger charge is 2.24. The maximum Gasteiger partial charge on any atom is 0.190 e. The maximum atomic E-state index is 10.8. The minimum Gasteiger partial charge on any atom is -0.384 e. The summed E-state index contributed by atoms with van der Waals surface area (Å²) in [5.74, 6) is -0.00860. The first kappa shape index (κ1) is 8.72. The Morgan fingerprint density at radius 3 is 3.17 bits per heavy atom. The van der Waals surface area contributed by atoms with Gasteiger partial charge < -0.3 is 4.84 Å². The fourth-order valence-corrected chi connectivity index (χ4v) is 0.993. The molecule has 64 valence electrons. The van der Waals surface area contributed by atoms with E-state index in [1.165, 1.54) is 6.92 Å². The van der Waals surface area contributed by atoms with Crippen LogP contribution in [0.2, 0.25) is 0 Å². The molecule has 0 aromatic carbocycles. The van der Waals surface area contributed by atoms with Crippen LogP contribution in [0.3, 0.4) is 0 Å². The Balaban J connectivity index is 2.34. The molecule has 0 amide bonds. The quantitative estimate of drug-likeness (QED) is 0.628. The van der Waals surface area contributed by atoms with Crippen molar-refractivity contribution in [3.8, 4) is 6.07 Å². The Kier molecular flexibility index (Phi) is 2.81. The summed E-state index contributed by atoms with van der Waals surface area (Å²) in [4.78, 5) is 15.7. The summed E-state index contributed by atoms with van der Waals surface area (Å²) in [6.07, 6.45) is 1.20. The van der Waals surface area contributed by atoms with Gasteiger partial charge in [-0.1, -0.05) is 5.16 Å². The van der Waals surface area contributed by atoms with Gasteiger partial charge in [-0.05, 0) is 6.92 Å². The molecule has 1 aliphatic heterocycles. The number of nitriles is 1. The zero-order chi connectivity index (χ0) is 8.97. The number of carbonyl (C=O) groups is 1. The van der Waals surface area contributed by atoms with E-state index < -0.39 is 6.10 Å². The molecule has 0 spiro atoms. The number of ketones is 1. The molecule has 1 unspecified atom stereocenters. The lowest BCUT2D eigenvalue weighted by molar-refractivity contribution is -0.126. The Morgan fingerprint density at radius 1 is 1.92 bits per heavy atom. The maximum absolute atomic E-state index is 10.8. The minimum absolute atomic E-state index is 0.00860. The molecule has 1 aliphatic rings. The fourth-order valence-electron chi connectivity index (χ4n) is 0.993. The van der Waals surface area contributed by atoms with Crippen LogP contribution < -0.4 is 0 Å². The van der Waals surface area contributed by atoms with Gasteiger partial charge in [0.2, 0.25) is 0 Å². The lowest BCUT2D eigenvalue weighted by atomic mass is 10.1. The summed E-state index contributed by atoms with van der Waals surface area (Å²) in [6.45, 7) is 1.48. The first-order chi connectivity index (χ1) is 5.74. The topological polar surface area (TPSA) is 62.5 Å². The summed E-state index contributed by atoms with van der Waals surface area (Å²) in [5, 5.41) is 12.0. The highest BCUT2D eigenvalue weighted by Crippen LogP contribution is 2.14. The van der Waals surface area contributed by atoms with Crippen LogP contribution >= 0.6 is 0 Å². The molecule has 0 aliphatic carbocycles. The molecule has 0 aromatic heterocycles. The van der Waals surface area contributed by atoms with E-state index in [4.69, 9.17) is 10.1 Å². The average Bonchev–Trinajstić information content (AvgIpc) is 2.48. The predicted octanol–water partition coefficient (Wildman–Crippen LogP) is 1.02. The van der Waals surface area contributed by atoms with Crippen molar-refractivity contribution in [1.29, 1.82) is 5.26 Å². The molecule has 12 heavy (non-hydrogen) atoms. The Hall–Kier alpha value is -1.37. The number of hydrogen-bond acceptors (Lipinski definition) is 4. The van der Waals surface area contributed by atoms with Crippen LogP contribution in [0.25, 0.3) is 0 Å². The van der Waals surface area contributed by atoms with E-state index in [0.717, 1.165) is 5.71 Å². The lowest BCUT2D eigenvalue weighted by Crippen LogP contribution is -2.17. The van der Waals surface area contributed by atoms with Crippen LogP contribution in [0, 0.1) is 11.3 Å². The molecule has 0 saturated heterocycles. The van der Waals surface area contributed by atoms with Crippen molar-refractivity contribution in [1.82, 2.24) is 0 Å². The van der Waals surface area contributed by atoms with Gasteiger partial charge in [0, 0.05) is 19.3 Å². The van der Waals surface area contributed by atoms with Gasteiger partial charge in [-0.3, -0.25) is 4.79 Å². The van der Waals surface area contributed by atoms with Crippen LogP contribution in [-0.2, 0) is 9.63 Å². The molecule has 4 heteroatoms. The summed E-state index contributed by atoms with van der Waals surface area (Å²) in [5.41, 5.74) is 0.816. The van der Waals surface area contributed by atoms with Crippen molar-refractivity contribution in [2.24, 2.45) is 5.16 Å². The van der Waals surface area contributed by atoms with E-state index in [9.17, 15) is 4.79 Å². The van der Waals surface area contributed by atoms with E-state index in [2.05, 4.69) is 5.16 Å². The second-order valence-electron chi connectivity index (χ2n) is 2.72. The number of oxime groups is 1. The number of carbonyl (C=O) groups excluding carboxylic acids is 1. The van der Waals surface area contributed by atoms with Gasteiger partial charge in [0.25, 0.3) is 0 Å². The average molecular weight is 166 g/mol. The Bertz CT molecular complexity index is 252. The van der Waals surface area contributed by atoms with Crippen molar-refractivity contribution >= 4 is 11.5 Å². The molecule has 0 fully saturated rings. The van der Waals surface area contributed by atoms with Crippen molar-refractivity contribution < 1.29 is 9.63 Å². The van der Waals surface area contributed by atoms with E-state index in [-0.39, 0.29) is 5.78 Å². The van der Waals surface area contributed by atoms with Gasteiger partial charge >= 0.3 is 0 Å². The third-order valence-corrected chi connectivity index (χ3v) is 1.71. The number of Topliss-reactive ketones (excluding diaryl/α,β-unsaturated/α-hetero) is 1. The number of hydrogen-bond donors (Lipinski definition) is 0. The van der Waals surface area contributed by atoms with Crippen LogP contribution in [0.4, 0.5) is 0 Å². The van der Waals surface area contributed by atoms with Gasteiger partial charge in [-0.25, -0.2) is 0 Å². The highest BCUT2D eigenvalue weighted by atomic mass is 16.6. The fraction of sp³-hybridized carbons (Fsp3) is 0.625. The SMILES string of the molecule is CC(=O)C1CC(CCC#N)=NO1. The third kappa shape index (κ3) is 2.06. The molecule has 0 aromatic rings. The van der Waals surface area contributed by atoms with E-state index in [1.807, 2.05) is 6.07 Å². The van der Waals surface area contributed by atoms with Crippen molar-refractivity contribution in [3.63, 3.8) is 0 Å². The van der Waals surface area contributed by atoms with Crippen molar-refractivity contribution in [2.75, 3.05) is 0 Å². The molecule has 1 rings (SSSR count). The first-order valence-corrected chi connectivity index (χ1v) is 3.83. The van der Waals surface area contributed by atoms with Crippen LogP contribution in [0.15, 0.2) is 5.16 Å². The van der Waals surface area contributed by atoms with E-state index >= 15 is 0 Å². The molecule has 0 bridgehead atoms. The van der Waals surface area contributed by atoms with E-state index in [1.54, 1.807) is 0 Å². The molecular formula is C8H10N2O2. The standard InChI is InChI=1S/C8H10N2O2/c1-6(11)8-5-7(10-12-8)3-2-4-9/h8H,2-3,5H2,1H3. The van der Waals surface area contributed by atoms with Gasteiger partial charge in [0.05, 0.1) is 11.8 Å². The highest BCUT2D eigenvalue weighted by molar-refractivity contribution is 5.92. The van der Waals surface area contributed by atoms with Crippen molar-refractivity contribution in [3.05, 3.63) is 0 Å². The molecule has 0 N–H and O–H groups in total. The summed E-state index contributed by atoms with van der Waals surface area (Å²) in [6, 6.07) is 2.02. The minimum atomic E-state index is -0.404. The number of rotatable bonds is 3. The normalized spacial score (nSPS) is 21.0. The van der Waals surface area contributed by atoms with Gasteiger partial charge in [0.15, 0.2) is 11.9 Å². The van der Waals surface area contributed by atoms with Gasteiger partial charge in [-0.15, -0.1) is 0 Å². The van der Waals surface area contributed by atoms with Crippen LogP contribution in [0.1, 0.15) is 26.2 Å². The summed E-state index contributed by atoms with van der Waals surface area (Å²) >= 11 is 0. The zero-order valence-electron chi connectivity index (χ0n) is 6.91. The largest absolute Gasteiger partial charge is 0.384 e. The van der Waals surface area contributed by atoms with Crippen LogP contribution in [0.5, 0.6) is 0 Å². The van der Waals surface area contributed by atoms with Gasteiger partial charge in [0.1, 0.15) is 0 Å². The molecule has 1 atom stereocenters. The first-order valence-electron chi connectivity index (χ1n) is 3.83. The molecule has 0 radical (unpaired) electrons.